The summed E-state index contributed by atoms with van der Waals surface area (Å²) in [5.74, 6) is 0.967. The molecule has 1 amide bonds. The van der Waals surface area contributed by atoms with Crippen LogP contribution in [0.25, 0.3) is 5.69 Å². The molecule has 0 spiro atoms. The van der Waals surface area contributed by atoms with Crippen LogP contribution in [-0.2, 0) is 13.0 Å². The zero-order valence-electron chi connectivity index (χ0n) is 18.5. The molecule has 0 aliphatic heterocycles. The lowest BCUT2D eigenvalue weighted by Crippen LogP contribution is -2.25. The van der Waals surface area contributed by atoms with Crippen LogP contribution in [0.5, 0.6) is 11.5 Å². The van der Waals surface area contributed by atoms with E-state index in [1.54, 1.807) is 30.6 Å². The van der Waals surface area contributed by atoms with Crippen molar-refractivity contribution < 1.29 is 14.3 Å². The number of benzene rings is 2. The first kappa shape index (κ1) is 22.1. The van der Waals surface area contributed by atoms with Gasteiger partial charge in [0.1, 0.15) is 6.61 Å². The molecule has 0 saturated carbocycles. The first-order valence-corrected chi connectivity index (χ1v) is 10.9. The van der Waals surface area contributed by atoms with E-state index >= 15 is 0 Å². The molecule has 7 heteroatoms. The first-order valence-electron chi connectivity index (χ1n) is 10.9. The Morgan fingerprint density at radius 2 is 1.85 bits per heavy atom. The van der Waals surface area contributed by atoms with Crippen LogP contribution in [0.1, 0.15) is 28.4 Å². The van der Waals surface area contributed by atoms with Crippen LogP contribution in [0, 0.1) is 0 Å². The minimum atomic E-state index is -0.162. The Balaban J connectivity index is 1.34. The number of pyridine rings is 1. The van der Waals surface area contributed by atoms with Crippen molar-refractivity contribution in [1.82, 2.24) is 20.1 Å². The van der Waals surface area contributed by atoms with Gasteiger partial charge >= 0.3 is 0 Å². The van der Waals surface area contributed by atoms with E-state index in [1.165, 1.54) is 0 Å². The van der Waals surface area contributed by atoms with Gasteiger partial charge in [-0.25, -0.2) is 4.68 Å². The minimum Gasteiger partial charge on any atom is -0.490 e. The van der Waals surface area contributed by atoms with Crippen molar-refractivity contribution in [3.63, 3.8) is 0 Å². The highest BCUT2D eigenvalue weighted by Gasteiger charge is 2.12. The van der Waals surface area contributed by atoms with Crippen LogP contribution in [0.15, 0.2) is 85.5 Å². The molecule has 0 unspecified atom stereocenters. The summed E-state index contributed by atoms with van der Waals surface area (Å²) in [7, 11) is 0. The van der Waals surface area contributed by atoms with Crippen molar-refractivity contribution in [3.05, 3.63) is 102 Å². The van der Waals surface area contributed by atoms with Crippen LogP contribution in [0.2, 0.25) is 0 Å². The molecule has 2 aromatic heterocycles. The maximum Gasteiger partial charge on any atom is 0.251 e. The molecule has 0 fully saturated rings. The standard InChI is InChI=1S/C26H26N4O3/c1-2-32-25-15-22(10-11-24(25)33-19-21-7-6-13-27-16-21)26(31)28-14-12-20-17-29-30(18-20)23-8-4-3-5-9-23/h3-11,13,15-18H,2,12,14,19H2,1H3,(H,28,31). The number of amides is 1. The Hall–Kier alpha value is -4.13. The molecule has 7 nitrogen and oxygen atoms in total. The lowest BCUT2D eigenvalue weighted by atomic mass is 10.1. The fraction of sp³-hybridized carbons (Fsp3) is 0.192. The number of para-hydroxylation sites is 1. The van der Waals surface area contributed by atoms with Crippen molar-refractivity contribution in [2.75, 3.05) is 13.2 Å². The molecule has 168 valence electrons. The predicted octanol–water partition coefficient (Wildman–Crippen LogP) is 4.22. The normalized spacial score (nSPS) is 10.6. The molecule has 33 heavy (non-hydrogen) atoms. The molecule has 0 aliphatic carbocycles. The Kier molecular flexibility index (Phi) is 7.33. The van der Waals surface area contributed by atoms with Gasteiger partial charge in [-0.1, -0.05) is 24.3 Å². The Morgan fingerprint density at radius 3 is 2.64 bits per heavy atom. The van der Waals surface area contributed by atoms with Gasteiger partial charge in [-0.15, -0.1) is 0 Å². The molecule has 2 heterocycles. The van der Waals surface area contributed by atoms with E-state index < -0.39 is 0 Å². The fourth-order valence-corrected chi connectivity index (χ4v) is 3.31. The number of rotatable bonds is 10. The van der Waals surface area contributed by atoms with E-state index in [0.29, 0.717) is 43.2 Å². The van der Waals surface area contributed by atoms with E-state index in [9.17, 15) is 4.79 Å². The molecule has 4 rings (SSSR count). The van der Waals surface area contributed by atoms with E-state index in [2.05, 4.69) is 15.4 Å². The number of nitrogens with zero attached hydrogens (tertiary/aromatic N) is 3. The molecule has 0 radical (unpaired) electrons. The number of hydrogen-bond acceptors (Lipinski definition) is 5. The average molecular weight is 443 g/mol. The van der Waals surface area contributed by atoms with Crippen LogP contribution < -0.4 is 14.8 Å². The van der Waals surface area contributed by atoms with Crippen molar-refractivity contribution in [1.29, 1.82) is 0 Å². The second kappa shape index (κ2) is 10.9. The minimum absolute atomic E-state index is 0.162. The highest BCUT2D eigenvalue weighted by Crippen LogP contribution is 2.29. The fourth-order valence-electron chi connectivity index (χ4n) is 3.31. The third-order valence-corrected chi connectivity index (χ3v) is 4.98. The van der Waals surface area contributed by atoms with Gasteiger partial charge in [-0.2, -0.15) is 5.10 Å². The van der Waals surface area contributed by atoms with Crippen molar-refractivity contribution in [2.24, 2.45) is 0 Å². The van der Waals surface area contributed by atoms with Crippen molar-refractivity contribution in [3.8, 4) is 17.2 Å². The monoisotopic (exact) mass is 442 g/mol. The highest BCUT2D eigenvalue weighted by atomic mass is 16.5. The molecule has 0 atom stereocenters. The van der Waals surface area contributed by atoms with Crippen molar-refractivity contribution in [2.45, 2.75) is 20.0 Å². The van der Waals surface area contributed by atoms with Crippen LogP contribution in [0.3, 0.4) is 0 Å². The SMILES string of the molecule is CCOc1cc(C(=O)NCCc2cnn(-c3ccccc3)c2)ccc1OCc1cccnc1. The molecule has 1 N–H and O–H groups in total. The third-order valence-electron chi connectivity index (χ3n) is 4.98. The summed E-state index contributed by atoms with van der Waals surface area (Å²) < 4.78 is 13.4. The Labute approximate surface area is 193 Å². The average Bonchev–Trinajstić information content (AvgIpc) is 3.33. The number of hydrogen-bond donors (Lipinski definition) is 1. The topological polar surface area (TPSA) is 78.3 Å². The van der Waals surface area contributed by atoms with Crippen molar-refractivity contribution >= 4 is 5.91 Å². The number of nitrogens with one attached hydrogen (secondary N) is 1. The van der Waals surface area contributed by atoms with E-state index in [4.69, 9.17) is 9.47 Å². The zero-order chi connectivity index (χ0) is 22.9. The van der Waals surface area contributed by atoms with Crippen LogP contribution in [-0.4, -0.2) is 33.8 Å². The molecule has 4 aromatic rings. The van der Waals surface area contributed by atoms with Gasteiger partial charge in [0.15, 0.2) is 11.5 Å². The molecule has 0 aliphatic rings. The lowest BCUT2D eigenvalue weighted by Gasteiger charge is -2.13. The van der Waals surface area contributed by atoms with E-state index in [-0.39, 0.29) is 5.91 Å². The smallest absolute Gasteiger partial charge is 0.251 e. The van der Waals surface area contributed by atoms with Crippen LogP contribution in [0.4, 0.5) is 0 Å². The van der Waals surface area contributed by atoms with Gasteiger partial charge in [-0.3, -0.25) is 9.78 Å². The van der Waals surface area contributed by atoms with Gasteiger partial charge < -0.3 is 14.8 Å². The number of carbonyl (C=O) groups is 1. The Morgan fingerprint density at radius 1 is 0.970 bits per heavy atom. The lowest BCUT2D eigenvalue weighted by molar-refractivity contribution is 0.0953. The summed E-state index contributed by atoms with van der Waals surface area (Å²) in [6, 6.07) is 18.9. The number of carbonyl (C=O) groups excluding carboxylic acids is 1. The highest BCUT2D eigenvalue weighted by molar-refractivity contribution is 5.94. The summed E-state index contributed by atoms with van der Waals surface area (Å²) >= 11 is 0. The predicted molar refractivity (Wildman–Crippen MR) is 126 cm³/mol. The van der Waals surface area contributed by atoms with Crippen LogP contribution >= 0.6 is 0 Å². The molecule has 2 aromatic carbocycles. The second-order valence-corrected chi connectivity index (χ2v) is 7.38. The summed E-state index contributed by atoms with van der Waals surface area (Å²) in [5, 5.41) is 7.36. The summed E-state index contributed by atoms with van der Waals surface area (Å²) in [6.07, 6.45) is 7.95. The maximum atomic E-state index is 12.7. The van der Waals surface area contributed by atoms with Gasteiger partial charge in [-0.05, 0) is 55.3 Å². The number of aromatic nitrogens is 3. The second-order valence-electron chi connectivity index (χ2n) is 7.38. The molecule has 0 saturated heterocycles. The largest absolute Gasteiger partial charge is 0.490 e. The van der Waals surface area contributed by atoms with E-state index in [0.717, 1.165) is 16.8 Å². The first-order chi connectivity index (χ1) is 16.2. The summed E-state index contributed by atoms with van der Waals surface area (Å²) in [5.41, 5.74) is 3.53. The van der Waals surface area contributed by atoms with Gasteiger partial charge in [0.05, 0.1) is 18.5 Å². The molecular weight excluding hydrogens is 416 g/mol. The summed E-state index contributed by atoms with van der Waals surface area (Å²) in [6.45, 7) is 3.24. The summed E-state index contributed by atoms with van der Waals surface area (Å²) in [4.78, 5) is 16.8. The third kappa shape index (κ3) is 5.98. The quantitative estimate of drug-likeness (QED) is 0.398. The van der Waals surface area contributed by atoms with E-state index in [1.807, 2.05) is 66.5 Å². The maximum absolute atomic E-state index is 12.7. The Bertz CT molecular complexity index is 1180. The number of ether oxygens (including phenoxy) is 2. The molecule has 0 bridgehead atoms. The van der Waals surface area contributed by atoms with Gasteiger partial charge in [0, 0.05) is 36.3 Å². The van der Waals surface area contributed by atoms with Gasteiger partial charge in [0.2, 0.25) is 0 Å². The zero-order valence-corrected chi connectivity index (χ0v) is 18.5. The van der Waals surface area contributed by atoms with Gasteiger partial charge in [0.25, 0.3) is 5.91 Å². The molecular formula is C26H26N4O3.